The predicted molar refractivity (Wildman–Crippen MR) is 47.7 cm³/mol. The Morgan fingerprint density at radius 1 is 1.50 bits per heavy atom. The lowest BCUT2D eigenvalue weighted by Crippen LogP contribution is -2.13. The van der Waals surface area contributed by atoms with Gasteiger partial charge in [-0.15, -0.1) is 0 Å². The first-order valence-electron chi connectivity index (χ1n) is 4.52. The second kappa shape index (κ2) is 3.84. The summed E-state index contributed by atoms with van der Waals surface area (Å²) in [7, 11) is 0. The molecule has 1 aromatic rings. The number of aromatic hydroxyl groups is 1. The van der Waals surface area contributed by atoms with Gasteiger partial charge in [0, 0.05) is 12.5 Å². The molecular weight excluding hydrogens is 187 g/mol. The predicted octanol–water partition coefficient (Wildman–Crippen LogP) is 2.05. The van der Waals surface area contributed by atoms with Gasteiger partial charge in [0.2, 0.25) is 0 Å². The van der Waals surface area contributed by atoms with E-state index in [0.29, 0.717) is 12.4 Å². The second-order valence-electron chi connectivity index (χ2n) is 3.17. The zero-order chi connectivity index (χ0) is 9.97. The highest BCUT2D eigenvalue weighted by Crippen LogP contribution is 2.24. The zero-order valence-corrected chi connectivity index (χ0v) is 7.57. The van der Waals surface area contributed by atoms with Gasteiger partial charge in [0.1, 0.15) is 5.75 Å². The molecule has 1 heterocycles. The van der Waals surface area contributed by atoms with Crippen LogP contribution in [0.2, 0.25) is 0 Å². The number of ether oxygens (including phenoxy) is 2. The molecular formula is C10H11FO3. The fraction of sp³-hybridized carbons (Fsp3) is 0.400. The van der Waals surface area contributed by atoms with Gasteiger partial charge in [-0.25, -0.2) is 4.39 Å². The summed E-state index contributed by atoms with van der Waals surface area (Å²) < 4.78 is 23.4. The molecule has 0 bridgehead atoms. The maximum atomic E-state index is 12.9. The van der Waals surface area contributed by atoms with Crippen LogP contribution >= 0.6 is 0 Å². The first-order valence-corrected chi connectivity index (χ1v) is 4.52. The van der Waals surface area contributed by atoms with Crippen molar-refractivity contribution in [1.82, 2.24) is 0 Å². The molecule has 1 atom stereocenters. The minimum Gasteiger partial charge on any atom is -0.505 e. The SMILES string of the molecule is Oc1ccc(OC2CCCO2)cc1F. The van der Waals surface area contributed by atoms with E-state index in [1.165, 1.54) is 12.1 Å². The standard InChI is InChI=1S/C10H11FO3/c11-8-6-7(3-4-9(8)12)14-10-2-1-5-13-10/h3-4,6,10,12H,1-2,5H2. The molecule has 14 heavy (non-hydrogen) atoms. The van der Waals surface area contributed by atoms with Crippen LogP contribution in [0.3, 0.4) is 0 Å². The van der Waals surface area contributed by atoms with Gasteiger partial charge < -0.3 is 14.6 Å². The van der Waals surface area contributed by atoms with E-state index in [1.807, 2.05) is 0 Å². The molecule has 2 rings (SSSR count). The van der Waals surface area contributed by atoms with Crippen LogP contribution < -0.4 is 4.74 Å². The largest absolute Gasteiger partial charge is 0.505 e. The fourth-order valence-corrected chi connectivity index (χ4v) is 1.35. The summed E-state index contributed by atoms with van der Waals surface area (Å²) in [6.07, 6.45) is 1.51. The normalized spacial score (nSPS) is 21.1. The summed E-state index contributed by atoms with van der Waals surface area (Å²) in [5.74, 6) is -0.669. The number of halogens is 1. The Bertz CT molecular complexity index is 321. The van der Waals surface area contributed by atoms with E-state index in [2.05, 4.69) is 0 Å². The highest BCUT2D eigenvalue weighted by atomic mass is 19.1. The van der Waals surface area contributed by atoms with Gasteiger partial charge in [-0.3, -0.25) is 0 Å². The zero-order valence-electron chi connectivity index (χ0n) is 7.57. The maximum Gasteiger partial charge on any atom is 0.199 e. The Hall–Kier alpha value is -1.29. The smallest absolute Gasteiger partial charge is 0.199 e. The summed E-state index contributed by atoms with van der Waals surface area (Å²) >= 11 is 0. The van der Waals surface area contributed by atoms with E-state index < -0.39 is 5.82 Å². The van der Waals surface area contributed by atoms with Crippen molar-refractivity contribution < 1.29 is 19.0 Å². The topological polar surface area (TPSA) is 38.7 Å². The molecule has 1 aromatic carbocycles. The molecule has 1 saturated heterocycles. The summed E-state index contributed by atoms with van der Waals surface area (Å²) in [6, 6.07) is 3.93. The average Bonchev–Trinajstić information content (AvgIpc) is 2.64. The molecule has 3 nitrogen and oxygen atoms in total. The van der Waals surface area contributed by atoms with Crippen LogP contribution in [0.25, 0.3) is 0 Å². The fourth-order valence-electron chi connectivity index (χ4n) is 1.35. The summed E-state index contributed by atoms with van der Waals surface area (Å²) in [4.78, 5) is 0. The molecule has 1 aliphatic rings. The first kappa shape index (κ1) is 9.27. The van der Waals surface area contributed by atoms with Crippen LogP contribution in [-0.2, 0) is 4.74 Å². The Balaban J connectivity index is 2.05. The van der Waals surface area contributed by atoms with Crippen LogP contribution in [0.4, 0.5) is 4.39 Å². The minimum absolute atomic E-state index is 0.279. The van der Waals surface area contributed by atoms with Crippen molar-refractivity contribution in [3.63, 3.8) is 0 Å². The van der Waals surface area contributed by atoms with Gasteiger partial charge in [-0.1, -0.05) is 0 Å². The summed E-state index contributed by atoms with van der Waals surface area (Å²) in [5.41, 5.74) is 0. The van der Waals surface area contributed by atoms with Crippen LogP contribution in [-0.4, -0.2) is 18.0 Å². The van der Waals surface area contributed by atoms with Crippen molar-refractivity contribution in [2.45, 2.75) is 19.1 Å². The van der Waals surface area contributed by atoms with Crippen molar-refractivity contribution in [3.8, 4) is 11.5 Å². The highest BCUT2D eigenvalue weighted by Gasteiger charge is 2.17. The van der Waals surface area contributed by atoms with Gasteiger partial charge in [-0.2, -0.15) is 0 Å². The van der Waals surface area contributed by atoms with Crippen LogP contribution in [0.1, 0.15) is 12.8 Å². The molecule has 1 N–H and O–H groups in total. The Kier molecular flexibility index (Phi) is 2.54. The Labute approximate surface area is 81.1 Å². The third-order valence-electron chi connectivity index (χ3n) is 2.07. The van der Waals surface area contributed by atoms with Crippen molar-refractivity contribution in [2.24, 2.45) is 0 Å². The van der Waals surface area contributed by atoms with Crippen molar-refractivity contribution >= 4 is 0 Å². The number of hydrogen-bond acceptors (Lipinski definition) is 3. The molecule has 0 aromatic heterocycles. The summed E-state index contributed by atoms with van der Waals surface area (Å²) in [5, 5.41) is 8.94. The minimum atomic E-state index is -0.680. The second-order valence-corrected chi connectivity index (χ2v) is 3.17. The molecule has 1 fully saturated rings. The number of rotatable bonds is 2. The Morgan fingerprint density at radius 3 is 3.00 bits per heavy atom. The lowest BCUT2D eigenvalue weighted by molar-refractivity contribution is -0.0392. The maximum absolute atomic E-state index is 12.9. The van der Waals surface area contributed by atoms with Gasteiger partial charge in [0.05, 0.1) is 6.61 Å². The van der Waals surface area contributed by atoms with E-state index in [1.54, 1.807) is 0 Å². The van der Waals surface area contributed by atoms with Gasteiger partial charge in [-0.05, 0) is 18.6 Å². The number of phenolic OH excluding ortho intramolecular Hbond substituents is 1. The third kappa shape index (κ3) is 1.96. The third-order valence-corrected chi connectivity index (χ3v) is 2.07. The quantitative estimate of drug-likeness (QED) is 0.790. The monoisotopic (exact) mass is 198 g/mol. The number of hydrogen-bond donors (Lipinski definition) is 1. The van der Waals surface area contributed by atoms with Crippen molar-refractivity contribution in [2.75, 3.05) is 6.61 Å². The van der Waals surface area contributed by atoms with E-state index >= 15 is 0 Å². The van der Waals surface area contributed by atoms with Crippen LogP contribution in [0.5, 0.6) is 11.5 Å². The lowest BCUT2D eigenvalue weighted by Gasteiger charge is -2.12. The van der Waals surface area contributed by atoms with Crippen LogP contribution in [0, 0.1) is 5.82 Å². The van der Waals surface area contributed by atoms with Crippen LogP contribution in [0.15, 0.2) is 18.2 Å². The lowest BCUT2D eigenvalue weighted by atomic mass is 10.3. The molecule has 1 aliphatic heterocycles. The van der Waals surface area contributed by atoms with E-state index in [9.17, 15) is 4.39 Å². The van der Waals surface area contributed by atoms with Crippen molar-refractivity contribution in [1.29, 1.82) is 0 Å². The highest BCUT2D eigenvalue weighted by molar-refractivity contribution is 5.32. The van der Waals surface area contributed by atoms with E-state index in [0.717, 1.165) is 18.9 Å². The molecule has 0 saturated carbocycles. The summed E-state index contributed by atoms with van der Waals surface area (Å²) in [6.45, 7) is 0.686. The number of phenols is 1. The molecule has 0 amide bonds. The molecule has 0 radical (unpaired) electrons. The molecule has 76 valence electrons. The first-order chi connectivity index (χ1) is 6.75. The van der Waals surface area contributed by atoms with E-state index in [-0.39, 0.29) is 12.0 Å². The molecule has 0 aliphatic carbocycles. The van der Waals surface area contributed by atoms with Gasteiger partial charge >= 0.3 is 0 Å². The average molecular weight is 198 g/mol. The molecule has 4 heteroatoms. The van der Waals surface area contributed by atoms with Gasteiger partial charge in [0.15, 0.2) is 17.9 Å². The molecule has 0 spiro atoms. The molecule has 1 unspecified atom stereocenters. The van der Waals surface area contributed by atoms with E-state index in [4.69, 9.17) is 14.6 Å². The van der Waals surface area contributed by atoms with Gasteiger partial charge in [0.25, 0.3) is 0 Å². The number of benzene rings is 1. The Morgan fingerprint density at radius 2 is 2.36 bits per heavy atom. The van der Waals surface area contributed by atoms with Crippen molar-refractivity contribution in [3.05, 3.63) is 24.0 Å².